The second-order valence-corrected chi connectivity index (χ2v) is 7.83. The lowest BCUT2D eigenvalue weighted by Gasteiger charge is -2.21. The number of fused-ring (bicyclic) bond motifs is 1. The molecule has 0 radical (unpaired) electrons. The Morgan fingerprint density at radius 1 is 1.24 bits per heavy atom. The van der Waals surface area contributed by atoms with Crippen molar-refractivity contribution in [3.05, 3.63) is 29.8 Å². The summed E-state index contributed by atoms with van der Waals surface area (Å²) in [6.07, 6.45) is 3.17. The molecule has 0 bridgehead atoms. The summed E-state index contributed by atoms with van der Waals surface area (Å²) in [7, 11) is -3.44. The molecule has 5 nitrogen and oxygen atoms in total. The predicted molar refractivity (Wildman–Crippen MR) is 82.4 cm³/mol. The van der Waals surface area contributed by atoms with Gasteiger partial charge in [-0.3, -0.25) is 4.90 Å². The summed E-state index contributed by atoms with van der Waals surface area (Å²) in [4.78, 5) is 2.72. The standard InChI is InChI=1S/C15H23N3O2S/c1-11(16)12-4-6-13(7-5-12)21(19,20)17-14-8-10-18-9-2-3-15(14)18/h4-7,11,14-15,17H,2-3,8-10,16H2,1H3. The molecule has 6 heteroatoms. The number of sulfonamides is 1. The van der Waals surface area contributed by atoms with Crippen molar-refractivity contribution in [2.75, 3.05) is 13.1 Å². The van der Waals surface area contributed by atoms with Crippen LogP contribution >= 0.6 is 0 Å². The van der Waals surface area contributed by atoms with Gasteiger partial charge in [-0.25, -0.2) is 13.1 Å². The summed E-state index contributed by atoms with van der Waals surface area (Å²) in [5, 5.41) is 0. The first-order chi connectivity index (χ1) is 9.97. The van der Waals surface area contributed by atoms with Gasteiger partial charge < -0.3 is 5.73 Å². The van der Waals surface area contributed by atoms with Crippen LogP contribution in [-0.2, 0) is 10.0 Å². The molecule has 0 spiro atoms. The van der Waals surface area contributed by atoms with Gasteiger partial charge in [0.05, 0.1) is 4.90 Å². The molecule has 2 aliphatic heterocycles. The van der Waals surface area contributed by atoms with Gasteiger partial charge >= 0.3 is 0 Å². The zero-order valence-corrected chi connectivity index (χ0v) is 13.1. The van der Waals surface area contributed by atoms with Gasteiger partial charge in [0.25, 0.3) is 0 Å². The van der Waals surface area contributed by atoms with E-state index < -0.39 is 10.0 Å². The number of hydrogen-bond acceptors (Lipinski definition) is 4. The number of benzene rings is 1. The van der Waals surface area contributed by atoms with Crippen molar-refractivity contribution < 1.29 is 8.42 Å². The van der Waals surface area contributed by atoms with Gasteiger partial charge in [0.1, 0.15) is 0 Å². The van der Waals surface area contributed by atoms with E-state index in [1.165, 1.54) is 6.42 Å². The van der Waals surface area contributed by atoms with Gasteiger partial charge in [-0.2, -0.15) is 0 Å². The van der Waals surface area contributed by atoms with E-state index >= 15 is 0 Å². The number of nitrogens with one attached hydrogen (secondary N) is 1. The minimum Gasteiger partial charge on any atom is -0.324 e. The van der Waals surface area contributed by atoms with Gasteiger partial charge in [0, 0.05) is 24.7 Å². The fourth-order valence-corrected chi connectivity index (χ4v) is 4.74. The molecule has 2 aliphatic rings. The minimum absolute atomic E-state index is 0.0469. The lowest BCUT2D eigenvalue weighted by atomic mass is 10.1. The molecule has 3 atom stereocenters. The van der Waals surface area contributed by atoms with Crippen LogP contribution in [-0.4, -0.2) is 38.5 Å². The maximum absolute atomic E-state index is 12.5. The lowest BCUT2D eigenvalue weighted by Crippen LogP contribution is -2.42. The first-order valence-corrected chi connectivity index (χ1v) is 9.07. The Morgan fingerprint density at radius 3 is 2.62 bits per heavy atom. The average molecular weight is 309 g/mol. The second-order valence-electron chi connectivity index (χ2n) is 6.12. The highest BCUT2D eigenvalue weighted by Gasteiger charge is 2.39. The maximum atomic E-state index is 12.5. The number of nitrogens with two attached hydrogens (primary N) is 1. The third-order valence-corrected chi connectivity index (χ3v) is 6.13. The lowest BCUT2D eigenvalue weighted by molar-refractivity contribution is 0.309. The van der Waals surface area contributed by atoms with Gasteiger partial charge in [-0.1, -0.05) is 12.1 Å². The van der Waals surface area contributed by atoms with Crippen molar-refractivity contribution >= 4 is 10.0 Å². The van der Waals surface area contributed by atoms with Gasteiger partial charge in [-0.15, -0.1) is 0 Å². The highest BCUT2D eigenvalue weighted by atomic mass is 32.2. The van der Waals surface area contributed by atoms with E-state index in [1.54, 1.807) is 24.3 Å². The SMILES string of the molecule is CC(N)c1ccc(S(=O)(=O)NC2CCN3CCCC23)cc1. The van der Waals surface area contributed by atoms with E-state index in [0.717, 1.165) is 31.5 Å². The van der Waals surface area contributed by atoms with Crippen LogP contribution in [0.5, 0.6) is 0 Å². The van der Waals surface area contributed by atoms with Crippen LogP contribution in [0.3, 0.4) is 0 Å². The predicted octanol–water partition coefficient (Wildman–Crippen LogP) is 1.22. The Hall–Kier alpha value is -0.950. The summed E-state index contributed by atoms with van der Waals surface area (Å²) in [6, 6.07) is 7.20. The van der Waals surface area contributed by atoms with Crippen molar-refractivity contribution in [2.24, 2.45) is 5.73 Å². The van der Waals surface area contributed by atoms with E-state index in [0.29, 0.717) is 10.9 Å². The fraction of sp³-hybridized carbons (Fsp3) is 0.600. The Bertz CT molecular complexity index is 598. The molecule has 21 heavy (non-hydrogen) atoms. The summed E-state index contributed by atoms with van der Waals surface area (Å²) in [6.45, 7) is 3.99. The molecular formula is C15H23N3O2S. The van der Waals surface area contributed by atoms with E-state index in [-0.39, 0.29) is 12.1 Å². The Morgan fingerprint density at radius 2 is 1.95 bits per heavy atom. The van der Waals surface area contributed by atoms with Crippen molar-refractivity contribution in [1.82, 2.24) is 9.62 Å². The van der Waals surface area contributed by atoms with Crippen LogP contribution in [0, 0.1) is 0 Å². The zero-order chi connectivity index (χ0) is 15.0. The molecule has 2 fully saturated rings. The molecule has 0 amide bonds. The quantitative estimate of drug-likeness (QED) is 0.877. The molecule has 0 aliphatic carbocycles. The van der Waals surface area contributed by atoms with Crippen LogP contribution in [0.4, 0.5) is 0 Å². The summed E-state index contributed by atoms with van der Waals surface area (Å²) < 4.78 is 27.9. The fourth-order valence-electron chi connectivity index (χ4n) is 3.44. The topological polar surface area (TPSA) is 75.4 Å². The van der Waals surface area contributed by atoms with Crippen LogP contribution in [0.2, 0.25) is 0 Å². The molecule has 116 valence electrons. The molecule has 1 aromatic rings. The summed E-state index contributed by atoms with van der Waals surface area (Å²) in [5.41, 5.74) is 6.73. The van der Waals surface area contributed by atoms with Crippen LogP contribution < -0.4 is 10.5 Å². The normalized spacial score (nSPS) is 27.7. The Labute approximate surface area is 126 Å². The van der Waals surface area contributed by atoms with Crippen molar-refractivity contribution in [3.63, 3.8) is 0 Å². The minimum atomic E-state index is -3.44. The van der Waals surface area contributed by atoms with E-state index in [2.05, 4.69) is 9.62 Å². The summed E-state index contributed by atoms with van der Waals surface area (Å²) in [5.74, 6) is 0. The largest absolute Gasteiger partial charge is 0.324 e. The molecule has 0 aromatic heterocycles. The molecule has 3 N–H and O–H groups in total. The second kappa shape index (κ2) is 5.68. The number of nitrogens with zero attached hydrogens (tertiary/aromatic N) is 1. The van der Waals surface area contributed by atoms with Gasteiger partial charge in [-0.05, 0) is 50.4 Å². The molecule has 3 rings (SSSR count). The number of rotatable bonds is 4. The van der Waals surface area contributed by atoms with Crippen LogP contribution in [0.25, 0.3) is 0 Å². The van der Waals surface area contributed by atoms with E-state index in [4.69, 9.17) is 5.73 Å². The molecule has 1 aromatic carbocycles. The average Bonchev–Trinajstić information content (AvgIpc) is 3.04. The first-order valence-electron chi connectivity index (χ1n) is 7.59. The monoisotopic (exact) mass is 309 g/mol. The van der Waals surface area contributed by atoms with E-state index in [9.17, 15) is 8.42 Å². The number of hydrogen-bond donors (Lipinski definition) is 2. The van der Waals surface area contributed by atoms with E-state index in [1.807, 2.05) is 6.92 Å². The Kier molecular flexibility index (Phi) is 4.05. The van der Waals surface area contributed by atoms with Crippen LogP contribution in [0.1, 0.15) is 37.8 Å². The first kappa shape index (κ1) is 15.0. The Balaban J connectivity index is 1.74. The molecule has 0 saturated carbocycles. The third kappa shape index (κ3) is 2.99. The van der Waals surface area contributed by atoms with Gasteiger partial charge in [0.2, 0.25) is 10.0 Å². The zero-order valence-electron chi connectivity index (χ0n) is 12.3. The highest BCUT2D eigenvalue weighted by Crippen LogP contribution is 2.29. The van der Waals surface area contributed by atoms with Crippen molar-refractivity contribution in [3.8, 4) is 0 Å². The van der Waals surface area contributed by atoms with Gasteiger partial charge in [0.15, 0.2) is 0 Å². The molecular weight excluding hydrogens is 286 g/mol. The third-order valence-electron chi connectivity index (χ3n) is 4.63. The van der Waals surface area contributed by atoms with Crippen molar-refractivity contribution in [2.45, 2.75) is 49.2 Å². The smallest absolute Gasteiger partial charge is 0.240 e. The van der Waals surface area contributed by atoms with Crippen molar-refractivity contribution in [1.29, 1.82) is 0 Å². The molecule has 2 saturated heterocycles. The highest BCUT2D eigenvalue weighted by molar-refractivity contribution is 7.89. The maximum Gasteiger partial charge on any atom is 0.240 e. The molecule has 3 unspecified atom stereocenters. The van der Waals surface area contributed by atoms with Crippen LogP contribution in [0.15, 0.2) is 29.2 Å². The summed E-state index contributed by atoms with van der Waals surface area (Å²) >= 11 is 0. The molecule has 2 heterocycles.